The Hall–Kier alpha value is -1.09. The SMILES string of the molecule is CN=C(NCc1ccc(Cl)nc1)N1CCC(CC(=O)NC)CC1.I. The van der Waals surface area contributed by atoms with Crippen LogP contribution >= 0.6 is 35.6 Å². The number of piperidine rings is 1. The van der Waals surface area contributed by atoms with Gasteiger partial charge < -0.3 is 15.5 Å². The van der Waals surface area contributed by atoms with Gasteiger partial charge in [0.2, 0.25) is 5.91 Å². The molecule has 0 spiro atoms. The molecule has 1 saturated heterocycles. The third kappa shape index (κ3) is 6.43. The van der Waals surface area contributed by atoms with Crippen LogP contribution in [0, 0.1) is 5.92 Å². The number of hydrogen-bond acceptors (Lipinski definition) is 3. The maximum Gasteiger partial charge on any atom is 0.220 e. The van der Waals surface area contributed by atoms with E-state index in [-0.39, 0.29) is 29.9 Å². The van der Waals surface area contributed by atoms with Gasteiger partial charge in [0.05, 0.1) is 0 Å². The summed E-state index contributed by atoms with van der Waals surface area (Å²) in [6, 6.07) is 3.73. The van der Waals surface area contributed by atoms with E-state index in [0.29, 0.717) is 24.0 Å². The zero-order valence-electron chi connectivity index (χ0n) is 14.1. The number of carbonyl (C=O) groups is 1. The highest BCUT2D eigenvalue weighted by molar-refractivity contribution is 14.0. The molecule has 1 aromatic rings. The summed E-state index contributed by atoms with van der Waals surface area (Å²) in [6.45, 7) is 2.50. The Bertz CT molecular complexity index is 544. The first-order valence-corrected chi connectivity index (χ1v) is 8.26. The molecule has 1 aromatic heterocycles. The van der Waals surface area contributed by atoms with Gasteiger partial charge in [0.1, 0.15) is 5.15 Å². The van der Waals surface area contributed by atoms with Gasteiger partial charge in [-0.05, 0) is 30.4 Å². The normalized spacial score (nSPS) is 15.6. The van der Waals surface area contributed by atoms with E-state index in [1.54, 1.807) is 26.4 Å². The summed E-state index contributed by atoms with van der Waals surface area (Å²) in [7, 11) is 3.48. The smallest absolute Gasteiger partial charge is 0.220 e. The van der Waals surface area contributed by atoms with E-state index in [1.807, 2.05) is 6.07 Å². The molecule has 0 unspecified atom stereocenters. The van der Waals surface area contributed by atoms with Crippen molar-refractivity contribution >= 4 is 47.4 Å². The minimum Gasteiger partial charge on any atom is -0.359 e. The van der Waals surface area contributed by atoms with Gasteiger partial charge in [0.15, 0.2) is 5.96 Å². The molecule has 0 atom stereocenters. The number of nitrogens with one attached hydrogen (secondary N) is 2. The fourth-order valence-corrected chi connectivity index (χ4v) is 2.85. The number of carbonyl (C=O) groups excluding carboxylic acids is 1. The predicted molar refractivity (Wildman–Crippen MR) is 108 cm³/mol. The second-order valence-corrected chi connectivity index (χ2v) is 6.08. The van der Waals surface area contributed by atoms with Gasteiger partial charge in [-0.15, -0.1) is 24.0 Å². The summed E-state index contributed by atoms with van der Waals surface area (Å²) < 4.78 is 0. The fourth-order valence-electron chi connectivity index (χ4n) is 2.74. The third-order valence-electron chi connectivity index (χ3n) is 4.12. The van der Waals surface area contributed by atoms with Crippen molar-refractivity contribution in [3.63, 3.8) is 0 Å². The number of aliphatic imine (C=N–C) groups is 1. The van der Waals surface area contributed by atoms with E-state index in [9.17, 15) is 4.79 Å². The molecule has 2 rings (SSSR count). The van der Waals surface area contributed by atoms with Crippen LogP contribution in [0.3, 0.4) is 0 Å². The molecule has 1 aliphatic heterocycles. The number of likely N-dealkylation sites (tertiary alicyclic amines) is 1. The molecular formula is C16H25ClIN5O. The Morgan fingerprint density at radius 2 is 2.12 bits per heavy atom. The van der Waals surface area contributed by atoms with Crippen molar-refractivity contribution in [2.45, 2.75) is 25.8 Å². The van der Waals surface area contributed by atoms with E-state index < -0.39 is 0 Å². The summed E-state index contributed by atoms with van der Waals surface area (Å²) in [5.74, 6) is 1.48. The minimum atomic E-state index is 0. The van der Waals surface area contributed by atoms with E-state index in [2.05, 4.69) is 25.5 Å². The summed E-state index contributed by atoms with van der Waals surface area (Å²) in [5.41, 5.74) is 1.06. The Morgan fingerprint density at radius 3 is 2.67 bits per heavy atom. The number of pyridine rings is 1. The van der Waals surface area contributed by atoms with Gasteiger partial charge in [-0.1, -0.05) is 17.7 Å². The second-order valence-electron chi connectivity index (χ2n) is 5.70. The standard InChI is InChI=1S/C16H24ClN5O.HI/c1-18-15(23)9-12-5-7-22(8-6-12)16(19-2)21-11-13-3-4-14(17)20-10-13;/h3-4,10,12H,5-9,11H2,1-2H3,(H,18,23)(H,19,21);1H. The zero-order chi connectivity index (χ0) is 16.7. The van der Waals surface area contributed by atoms with Crippen LogP contribution in [0.25, 0.3) is 0 Å². The van der Waals surface area contributed by atoms with Crippen LogP contribution in [0.1, 0.15) is 24.8 Å². The molecule has 2 heterocycles. The highest BCUT2D eigenvalue weighted by atomic mass is 127. The van der Waals surface area contributed by atoms with E-state index in [0.717, 1.165) is 37.5 Å². The minimum absolute atomic E-state index is 0. The summed E-state index contributed by atoms with van der Waals surface area (Å²) in [5, 5.41) is 6.55. The Labute approximate surface area is 165 Å². The van der Waals surface area contributed by atoms with Crippen LogP contribution in [0.15, 0.2) is 23.3 Å². The van der Waals surface area contributed by atoms with Crippen molar-refractivity contribution in [3.05, 3.63) is 29.0 Å². The lowest BCUT2D eigenvalue weighted by Crippen LogP contribution is -2.45. The van der Waals surface area contributed by atoms with Crippen LogP contribution in [0.2, 0.25) is 5.15 Å². The second kappa shape index (κ2) is 10.7. The first-order chi connectivity index (χ1) is 11.1. The average molecular weight is 466 g/mol. The first-order valence-electron chi connectivity index (χ1n) is 7.89. The summed E-state index contributed by atoms with van der Waals surface area (Å²) in [4.78, 5) is 22.1. The molecule has 1 amide bonds. The van der Waals surface area contributed by atoms with Gasteiger partial charge in [0, 0.05) is 46.3 Å². The zero-order valence-corrected chi connectivity index (χ0v) is 17.2. The first kappa shape index (κ1) is 21.0. The van der Waals surface area contributed by atoms with E-state index in [4.69, 9.17) is 11.6 Å². The molecule has 24 heavy (non-hydrogen) atoms. The molecule has 0 bridgehead atoms. The molecule has 0 radical (unpaired) electrons. The topological polar surface area (TPSA) is 69.6 Å². The number of aromatic nitrogens is 1. The number of hydrogen-bond donors (Lipinski definition) is 2. The van der Waals surface area contributed by atoms with Crippen molar-refractivity contribution in [2.75, 3.05) is 27.2 Å². The molecule has 0 aliphatic carbocycles. The van der Waals surface area contributed by atoms with E-state index in [1.165, 1.54) is 0 Å². The molecule has 8 heteroatoms. The van der Waals surface area contributed by atoms with Crippen molar-refractivity contribution in [3.8, 4) is 0 Å². The molecule has 6 nitrogen and oxygen atoms in total. The van der Waals surface area contributed by atoms with Gasteiger partial charge in [0.25, 0.3) is 0 Å². The van der Waals surface area contributed by atoms with Crippen LogP contribution in [0.4, 0.5) is 0 Å². The van der Waals surface area contributed by atoms with Crippen LogP contribution in [0.5, 0.6) is 0 Å². The maximum absolute atomic E-state index is 11.5. The van der Waals surface area contributed by atoms with Crippen molar-refractivity contribution < 1.29 is 4.79 Å². The largest absolute Gasteiger partial charge is 0.359 e. The summed E-state index contributed by atoms with van der Waals surface area (Å²) in [6.07, 6.45) is 4.40. The number of guanidine groups is 1. The fraction of sp³-hybridized carbons (Fsp3) is 0.562. The molecule has 1 fully saturated rings. The quantitative estimate of drug-likeness (QED) is 0.310. The highest BCUT2D eigenvalue weighted by Crippen LogP contribution is 2.20. The number of rotatable bonds is 4. The lowest BCUT2D eigenvalue weighted by Gasteiger charge is -2.34. The van der Waals surface area contributed by atoms with Crippen LogP contribution < -0.4 is 10.6 Å². The number of halogens is 2. The van der Waals surface area contributed by atoms with Crippen molar-refractivity contribution in [1.82, 2.24) is 20.5 Å². The maximum atomic E-state index is 11.5. The molecule has 2 N–H and O–H groups in total. The van der Waals surface area contributed by atoms with Crippen molar-refractivity contribution in [1.29, 1.82) is 0 Å². The van der Waals surface area contributed by atoms with E-state index >= 15 is 0 Å². The number of nitrogens with zero attached hydrogens (tertiary/aromatic N) is 3. The predicted octanol–water partition coefficient (Wildman–Crippen LogP) is 2.28. The van der Waals surface area contributed by atoms with Gasteiger partial charge in [-0.3, -0.25) is 9.79 Å². The Balaban J connectivity index is 0.00000288. The number of amides is 1. The third-order valence-corrected chi connectivity index (χ3v) is 4.34. The van der Waals surface area contributed by atoms with Crippen LogP contribution in [-0.4, -0.2) is 48.9 Å². The average Bonchev–Trinajstić information content (AvgIpc) is 2.58. The molecular weight excluding hydrogens is 441 g/mol. The van der Waals surface area contributed by atoms with Gasteiger partial charge >= 0.3 is 0 Å². The molecule has 0 saturated carbocycles. The monoisotopic (exact) mass is 465 g/mol. The Morgan fingerprint density at radius 1 is 1.42 bits per heavy atom. The van der Waals surface area contributed by atoms with Crippen molar-refractivity contribution in [2.24, 2.45) is 10.9 Å². The molecule has 1 aliphatic rings. The molecule has 134 valence electrons. The lowest BCUT2D eigenvalue weighted by atomic mass is 9.93. The van der Waals surface area contributed by atoms with Gasteiger partial charge in [-0.25, -0.2) is 4.98 Å². The van der Waals surface area contributed by atoms with Crippen LogP contribution in [-0.2, 0) is 11.3 Å². The highest BCUT2D eigenvalue weighted by Gasteiger charge is 2.22. The van der Waals surface area contributed by atoms with Gasteiger partial charge in [-0.2, -0.15) is 0 Å². The summed E-state index contributed by atoms with van der Waals surface area (Å²) >= 11 is 5.79. The lowest BCUT2D eigenvalue weighted by molar-refractivity contribution is -0.121. The molecule has 0 aromatic carbocycles. The Kier molecular flexibility index (Phi) is 9.35.